The van der Waals surface area contributed by atoms with E-state index in [2.05, 4.69) is 47.9 Å². The second-order valence-electron chi connectivity index (χ2n) is 7.56. The van der Waals surface area contributed by atoms with Gasteiger partial charge >= 0.3 is 0 Å². The van der Waals surface area contributed by atoms with Gasteiger partial charge in [-0.25, -0.2) is 0 Å². The average molecular weight is 414 g/mol. The molecule has 0 spiro atoms. The van der Waals surface area contributed by atoms with Crippen molar-refractivity contribution in [2.75, 3.05) is 36.5 Å². The monoisotopic (exact) mass is 413 g/mol. The summed E-state index contributed by atoms with van der Waals surface area (Å²) in [6.07, 6.45) is 1.80. The van der Waals surface area contributed by atoms with E-state index in [1.165, 1.54) is 5.69 Å². The highest BCUT2D eigenvalue weighted by atomic mass is 35.5. The lowest BCUT2D eigenvalue weighted by atomic mass is 10.1. The van der Waals surface area contributed by atoms with E-state index in [0.717, 1.165) is 43.7 Å². The maximum atomic E-state index is 13.4. The Kier molecular flexibility index (Phi) is 5.70. The first-order chi connectivity index (χ1) is 14.1. The van der Waals surface area contributed by atoms with Gasteiger partial charge in [0.25, 0.3) is 0 Å². The number of hydrogen-bond donors (Lipinski definition) is 0. The third-order valence-electron chi connectivity index (χ3n) is 6.10. The summed E-state index contributed by atoms with van der Waals surface area (Å²) in [7, 11) is 1.63. The van der Waals surface area contributed by atoms with Crippen LogP contribution >= 0.6 is 11.6 Å². The van der Waals surface area contributed by atoms with Gasteiger partial charge in [0.2, 0.25) is 5.91 Å². The van der Waals surface area contributed by atoms with Gasteiger partial charge in [-0.1, -0.05) is 23.7 Å². The summed E-state index contributed by atoms with van der Waals surface area (Å²) in [5.41, 5.74) is 3.05. The SMILES string of the molecule is CCN(CC)c1ccc(C2N(c3cc(Cl)ccc3OC)C(=O)C3CCCN32)cc1. The lowest BCUT2D eigenvalue weighted by Gasteiger charge is -2.31. The topological polar surface area (TPSA) is 36.0 Å². The van der Waals surface area contributed by atoms with Gasteiger partial charge in [0.15, 0.2) is 0 Å². The molecule has 2 heterocycles. The maximum Gasteiger partial charge on any atom is 0.246 e. The number of amides is 1. The Hall–Kier alpha value is -2.24. The highest BCUT2D eigenvalue weighted by Crippen LogP contribution is 2.46. The minimum absolute atomic E-state index is 0.0776. The predicted molar refractivity (Wildman–Crippen MR) is 118 cm³/mol. The Morgan fingerprint density at radius 3 is 2.52 bits per heavy atom. The van der Waals surface area contributed by atoms with Gasteiger partial charge < -0.3 is 9.64 Å². The number of hydrogen-bond acceptors (Lipinski definition) is 4. The van der Waals surface area contributed by atoms with Crippen molar-refractivity contribution in [3.63, 3.8) is 0 Å². The fraction of sp³-hybridized carbons (Fsp3) is 0.435. The second kappa shape index (κ2) is 8.25. The van der Waals surface area contributed by atoms with Crippen LogP contribution in [-0.2, 0) is 4.79 Å². The van der Waals surface area contributed by atoms with Crippen LogP contribution in [-0.4, -0.2) is 43.6 Å². The molecule has 2 aliphatic rings. The van der Waals surface area contributed by atoms with Crippen LogP contribution in [0.15, 0.2) is 42.5 Å². The smallest absolute Gasteiger partial charge is 0.246 e. The number of carbonyl (C=O) groups is 1. The van der Waals surface area contributed by atoms with Crippen molar-refractivity contribution in [1.82, 2.24) is 4.90 Å². The molecule has 2 unspecified atom stereocenters. The van der Waals surface area contributed by atoms with Gasteiger partial charge in [-0.3, -0.25) is 14.6 Å². The van der Waals surface area contributed by atoms with Crippen molar-refractivity contribution in [3.8, 4) is 5.75 Å². The van der Waals surface area contributed by atoms with E-state index < -0.39 is 0 Å². The lowest BCUT2D eigenvalue weighted by Crippen LogP contribution is -2.32. The zero-order chi connectivity index (χ0) is 20.5. The third-order valence-corrected chi connectivity index (χ3v) is 6.33. The fourth-order valence-electron chi connectivity index (χ4n) is 4.66. The van der Waals surface area contributed by atoms with Crippen LogP contribution in [0.5, 0.6) is 5.75 Å². The fourth-order valence-corrected chi connectivity index (χ4v) is 4.83. The van der Waals surface area contributed by atoms with Crippen molar-refractivity contribution in [1.29, 1.82) is 0 Å². The molecular weight excluding hydrogens is 386 g/mol. The molecule has 2 saturated heterocycles. The quantitative estimate of drug-likeness (QED) is 0.687. The highest BCUT2D eigenvalue weighted by molar-refractivity contribution is 6.31. The van der Waals surface area contributed by atoms with Crippen LogP contribution in [0, 0.1) is 0 Å². The molecule has 2 aromatic rings. The minimum Gasteiger partial charge on any atom is -0.495 e. The van der Waals surface area contributed by atoms with Crippen LogP contribution in [0.1, 0.15) is 38.4 Å². The maximum absolute atomic E-state index is 13.4. The normalized spacial score (nSPS) is 21.5. The molecule has 0 N–H and O–H groups in total. The first-order valence-electron chi connectivity index (χ1n) is 10.4. The molecule has 29 heavy (non-hydrogen) atoms. The number of anilines is 2. The van der Waals surface area contributed by atoms with Gasteiger partial charge in [0, 0.05) is 30.3 Å². The molecular formula is C23H28ClN3O2. The number of carbonyl (C=O) groups excluding carboxylic acids is 1. The van der Waals surface area contributed by atoms with E-state index in [1.807, 2.05) is 17.0 Å². The number of fused-ring (bicyclic) bond motifs is 1. The molecule has 2 atom stereocenters. The summed E-state index contributed by atoms with van der Waals surface area (Å²) in [5.74, 6) is 0.787. The molecule has 2 aliphatic heterocycles. The van der Waals surface area contributed by atoms with E-state index in [1.54, 1.807) is 13.2 Å². The summed E-state index contributed by atoms with van der Waals surface area (Å²) in [6.45, 7) is 7.18. The highest BCUT2D eigenvalue weighted by Gasteiger charge is 2.50. The molecule has 0 bridgehead atoms. The van der Waals surface area contributed by atoms with Crippen LogP contribution in [0.3, 0.4) is 0 Å². The number of halogens is 1. The number of methoxy groups -OCH3 is 1. The van der Waals surface area contributed by atoms with Crippen LogP contribution in [0.25, 0.3) is 0 Å². The summed E-state index contributed by atoms with van der Waals surface area (Å²) in [5, 5.41) is 0.594. The molecule has 0 aliphatic carbocycles. The Bertz CT molecular complexity index is 882. The molecule has 0 saturated carbocycles. The van der Waals surface area contributed by atoms with Crippen LogP contribution in [0.4, 0.5) is 11.4 Å². The second-order valence-corrected chi connectivity index (χ2v) is 7.99. The van der Waals surface area contributed by atoms with Crippen molar-refractivity contribution in [2.45, 2.75) is 38.9 Å². The van der Waals surface area contributed by atoms with Crippen molar-refractivity contribution in [3.05, 3.63) is 53.1 Å². The molecule has 4 rings (SSSR count). The number of benzene rings is 2. The van der Waals surface area contributed by atoms with Crippen LogP contribution in [0.2, 0.25) is 5.02 Å². The third kappa shape index (κ3) is 3.47. The molecule has 154 valence electrons. The molecule has 5 nitrogen and oxygen atoms in total. The summed E-state index contributed by atoms with van der Waals surface area (Å²) < 4.78 is 5.57. The molecule has 2 fully saturated rings. The molecule has 6 heteroatoms. The first kappa shape index (κ1) is 20.0. The van der Waals surface area contributed by atoms with Gasteiger partial charge in [-0.2, -0.15) is 0 Å². The first-order valence-corrected chi connectivity index (χ1v) is 10.7. The Balaban J connectivity index is 1.77. The van der Waals surface area contributed by atoms with Crippen molar-refractivity contribution in [2.24, 2.45) is 0 Å². The zero-order valence-electron chi connectivity index (χ0n) is 17.3. The Morgan fingerprint density at radius 2 is 1.86 bits per heavy atom. The molecule has 1 amide bonds. The van der Waals surface area contributed by atoms with Crippen molar-refractivity contribution < 1.29 is 9.53 Å². The molecule has 2 aromatic carbocycles. The molecule has 0 aromatic heterocycles. The predicted octanol–water partition coefficient (Wildman–Crippen LogP) is 4.70. The van der Waals surface area contributed by atoms with E-state index in [-0.39, 0.29) is 18.1 Å². The van der Waals surface area contributed by atoms with Crippen molar-refractivity contribution >= 4 is 28.9 Å². The van der Waals surface area contributed by atoms with Gasteiger partial charge in [-0.15, -0.1) is 0 Å². The largest absolute Gasteiger partial charge is 0.495 e. The standard InChI is InChI=1S/C23H28ClN3O2/c1-4-25(5-2)18-11-8-16(9-12-18)22-26-14-6-7-19(26)23(28)27(22)20-15-17(24)10-13-21(20)29-3/h8-13,15,19,22H,4-7,14H2,1-3H3. The zero-order valence-corrected chi connectivity index (χ0v) is 18.0. The van der Waals surface area contributed by atoms with E-state index in [9.17, 15) is 4.79 Å². The van der Waals surface area contributed by atoms with Crippen LogP contribution < -0.4 is 14.5 Å². The Labute approximate surface area is 177 Å². The number of nitrogens with zero attached hydrogens (tertiary/aromatic N) is 3. The van der Waals surface area contributed by atoms with E-state index >= 15 is 0 Å². The number of ether oxygens (including phenoxy) is 1. The van der Waals surface area contributed by atoms with E-state index in [4.69, 9.17) is 16.3 Å². The molecule has 0 radical (unpaired) electrons. The summed E-state index contributed by atoms with van der Waals surface area (Å²) in [4.78, 5) is 19.9. The minimum atomic E-state index is -0.145. The lowest BCUT2D eigenvalue weighted by molar-refractivity contribution is -0.119. The van der Waals surface area contributed by atoms with E-state index in [0.29, 0.717) is 10.8 Å². The summed E-state index contributed by atoms with van der Waals surface area (Å²) in [6, 6.07) is 14.0. The number of rotatable bonds is 6. The summed E-state index contributed by atoms with van der Waals surface area (Å²) >= 11 is 6.29. The average Bonchev–Trinajstić information content (AvgIpc) is 3.31. The van der Waals surface area contributed by atoms with Gasteiger partial charge in [0.05, 0.1) is 18.8 Å². The Morgan fingerprint density at radius 1 is 1.14 bits per heavy atom. The van der Waals surface area contributed by atoms with Gasteiger partial charge in [-0.05, 0) is 62.6 Å². The van der Waals surface area contributed by atoms with Gasteiger partial charge in [0.1, 0.15) is 11.9 Å².